The van der Waals surface area contributed by atoms with Crippen LogP contribution in [0.1, 0.15) is 69.9 Å². The fourth-order valence-electron chi connectivity index (χ4n) is 2.40. The van der Waals surface area contributed by atoms with Crippen LogP contribution in [0.3, 0.4) is 0 Å². The minimum absolute atomic E-state index is 0.250. The number of carboxylic acids is 2. The number of unbranched alkanes of at least 4 members (excludes halogenated alkanes) is 6. The molecule has 0 unspecified atom stereocenters. The summed E-state index contributed by atoms with van der Waals surface area (Å²) in [5.41, 5.74) is 0.981. The summed E-state index contributed by atoms with van der Waals surface area (Å²) in [7, 11) is 0. The molecule has 0 saturated carbocycles. The fourth-order valence-corrected chi connectivity index (χ4v) is 2.40. The van der Waals surface area contributed by atoms with Gasteiger partial charge in [-0.1, -0.05) is 30.9 Å². The molecule has 0 saturated heterocycles. The molecule has 7 heteroatoms. The van der Waals surface area contributed by atoms with E-state index in [-0.39, 0.29) is 12.8 Å². The van der Waals surface area contributed by atoms with E-state index < -0.39 is 11.9 Å². The first-order valence-corrected chi connectivity index (χ1v) is 8.40. The Balaban J connectivity index is 2.03. The molecule has 1 aromatic heterocycles. The van der Waals surface area contributed by atoms with Gasteiger partial charge in [-0.25, -0.2) is 0 Å². The minimum Gasteiger partial charge on any atom is -0.481 e. The van der Waals surface area contributed by atoms with E-state index in [2.05, 4.69) is 10.3 Å². The number of rotatable bonds is 14. The van der Waals surface area contributed by atoms with E-state index in [0.717, 1.165) is 70.0 Å². The van der Waals surface area contributed by atoms with E-state index in [0.29, 0.717) is 0 Å². The lowest BCUT2D eigenvalue weighted by atomic mass is 10.1. The molecule has 0 aliphatic rings. The molecule has 1 heterocycles. The zero-order chi connectivity index (χ0) is 16.9. The van der Waals surface area contributed by atoms with Crippen molar-refractivity contribution in [3.05, 3.63) is 11.9 Å². The molecule has 0 amide bonds. The molecule has 0 aromatic carbocycles. The van der Waals surface area contributed by atoms with Crippen molar-refractivity contribution >= 4 is 11.9 Å². The Morgan fingerprint density at radius 2 is 1.43 bits per heavy atom. The summed E-state index contributed by atoms with van der Waals surface area (Å²) in [5, 5.41) is 25.3. The lowest BCUT2D eigenvalue weighted by molar-refractivity contribution is -0.138. The van der Waals surface area contributed by atoms with Crippen LogP contribution in [0, 0.1) is 0 Å². The lowest BCUT2D eigenvalue weighted by Gasteiger charge is -2.00. The van der Waals surface area contributed by atoms with Crippen molar-refractivity contribution in [1.82, 2.24) is 15.0 Å². The highest BCUT2D eigenvalue weighted by Crippen LogP contribution is 2.08. The van der Waals surface area contributed by atoms with Gasteiger partial charge >= 0.3 is 11.9 Å². The molecule has 0 radical (unpaired) electrons. The van der Waals surface area contributed by atoms with Gasteiger partial charge in [-0.3, -0.25) is 14.3 Å². The number of carbonyl (C=O) groups is 2. The third kappa shape index (κ3) is 10.4. The second-order valence-corrected chi connectivity index (χ2v) is 5.84. The van der Waals surface area contributed by atoms with E-state index in [4.69, 9.17) is 10.2 Å². The van der Waals surface area contributed by atoms with Crippen molar-refractivity contribution in [2.75, 3.05) is 0 Å². The minimum atomic E-state index is -0.728. The summed E-state index contributed by atoms with van der Waals surface area (Å²) in [4.78, 5) is 20.8. The molecule has 0 aliphatic carbocycles. The maximum absolute atomic E-state index is 10.4. The average Bonchev–Trinajstić information content (AvgIpc) is 2.93. The maximum Gasteiger partial charge on any atom is 0.303 e. The van der Waals surface area contributed by atoms with Gasteiger partial charge in [0.2, 0.25) is 0 Å². The summed E-state index contributed by atoms with van der Waals surface area (Å²) in [5.74, 6) is -1.45. The molecule has 1 aromatic rings. The van der Waals surface area contributed by atoms with E-state index >= 15 is 0 Å². The quantitative estimate of drug-likeness (QED) is 0.509. The van der Waals surface area contributed by atoms with Crippen molar-refractivity contribution in [2.24, 2.45) is 0 Å². The molecule has 0 aliphatic heterocycles. The van der Waals surface area contributed by atoms with Crippen LogP contribution in [0.5, 0.6) is 0 Å². The van der Waals surface area contributed by atoms with E-state index in [9.17, 15) is 9.59 Å². The predicted molar refractivity (Wildman–Crippen MR) is 85.2 cm³/mol. The molecule has 0 atom stereocenters. The van der Waals surface area contributed by atoms with Crippen molar-refractivity contribution in [3.8, 4) is 0 Å². The Hall–Kier alpha value is -1.92. The molecule has 2 N–H and O–H groups in total. The summed E-state index contributed by atoms with van der Waals surface area (Å²) in [6, 6.07) is 0. The third-order valence-electron chi connectivity index (χ3n) is 3.69. The highest BCUT2D eigenvalue weighted by Gasteiger charge is 2.02. The van der Waals surface area contributed by atoms with Gasteiger partial charge in [0.15, 0.2) is 0 Å². The molecule has 130 valence electrons. The van der Waals surface area contributed by atoms with Gasteiger partial charge in [0.25, 0.3) is 0 Å². The smallest absolute Gasteiger partial charge is 0.303 e. The van der Waals surface area contributed by atoms with Crippen LogP contribution in [0.2, 0.25) is 0 Å². The highest BCUT2D eigenvalue weighted by atomic mass is 16.4. The predicted octanol–water partition coefficient (Wildman–Crippen LogP) is 2.89. The lowest BCUT2D eigenvalue weighted by Crippen LogP contribution is -1.99. The number of aliphatic carboxylic acids is 2. The monoisotopic (exact) mass is 325 g/mol. The Labute approximate surface area is 136 Å². The van der Waals surface area contributed by atoms with Gasteiger partial charge in [-0.05, 0) is 32.1 Å². The standard InChI is InChI=1S/C16H27N3O4/c20-15(21)10-6-2-1-5-9-14-13-19(18-17-14)12-8-4-3-7-11-16(22)23/h13H,1-12H2,(H,20,21)(H,22,23). The normalized spacial score (nSPS) is 10.8. The van der Waals surface area contributed by atoms with Gasteiger partial charge in [0.05, 0.1) is 5.69 Å². The van der Waals surface area contributed by atoms with Gasteiger partial charge < -0.3 is 10.2 Å². The fraction of sp³-hybridized carbons (Fsp3) is 0.750. The molecule has 0 bridgehead atoms. The summed E-state index contributed by atoms with van der Waals surface area (Å²) in [6.07, 6.45) is 10.7. The van der Waals surface area contributed by atoms with Crippen LogP contribution in [-0.4, -0.2) is 37.1 Å². The van der Waals surface area contributed by atoms with Crippen molar-refractivity contribution < 1.29 is 19.8 Å². The second kappa shape index (κ2) is 11.6. The molecular weight excluding hydrogens is 298 g/mol. The van der Waals surface area contributed by atoms with E-state index in [1.54, 1.807) is 0 Å². The number of aryl methyl sites for hydroxylation is 2. The number of hydrogen-bond acceptors (Lipinski definition) is 4. The van der Waals surface area contributed by atoms with Crippen LogP contribution >= 0.6 is 0 Å². The Kier molecular flexibility index (Phi) is 9.66. The Morgan fingerprint density at radius 1 is 0.870 bits per heavy atom. The first kappa shape index (κ1) is 19.1. The highest BCUT2D eigenvalue weighted by molar-refractivity contribution is 5.66. The van der Waals surface area contributed by atoms with Crippen molar-refractivity contribution in [3.63, 3.8) is 0 Å². The summed E-state index contributed by atoms with van der Waals surface area (Å²) >= 11 is 0. The number of nitrogens with zero attached hydrogens (tertiary/aromatic N) is 3. The third-order valence-corrected chi connectivity index (χ3v) is 3.69. The van der Waals surface area contributed by atoms with Crippen molar-refractivity contribution in [2.45, 2.75) is 77.2 Å². The van der Waals surface area contributed by atoms with Gasteiger partial charge in [-0.2, -0.15) is 0 Å². The molecule has 23 heavy (non-hydrogen) atoms. The number of aromatic nitrogens is 3. The molecular formula is C16H27N3O4. The van der Waals surface area contributed by atoms with Crippen LogP contribution in [0.25, 0.3) is 0 Å². The largest absolute Gasteiger partial charge is 0.481 e. The number of carboxylic acid groups (broad SMARTS) is 2. The van der Waals surface area contributed by atoms with Crippen LogP contribution in [0.4, 0.5) is 0 Å². The number of hydrogen-bond donors (Lipinski definition) is 2. The average molecular weight is 325 g/mol. The Morgan fingerprint density at radius 3 is 2.04 bits per heavy atom. The maximum atomic E-state index is 10.4. The van der Waals surface area contributed by atoms with E-state index in [1.807, 2.05) is 10.9 Å². The SMILES string of the molecule is O=C(O)CCCCCCc1cn(CCCCCCC(=O)O)nn1. The summed E-state index contributed by atoms with van der Waals surface area (Å²) in [6.45, 7) is 0.818. The summed E-state index contributed by atoms with van der Waals surface area (Å²) < 4.78 is 1.84. The molecule has 7 nitrogen and oxygen atoms in total. The zero-order valence-electron chi connectivity index (χ0n) is 13.6. The van der Waals surface area contributed by atoms with Crippen LogP contribution in [-0.2, 0) is 22.6 Å². The zero-order valence-corrected chi connectivity index (χ0v) is 13.6. The van der Waals surface area contributed by atoms with Gasteiger partial charge in [0, 0.05) is 25.6 Å². The van der Waals surface area contributed by atoms with Gasteiger partial charge in [-0.15, -0.1) is 5.10 Å². The molecule has 1 rings (SSSR count). The molecule has 0 fully saturated rings. The second-order valence-electron chi connectivity index (χ2n) is 5.84. The topological polar surface area (TPSA) is 105 Å². The van der Waals surface area contributed by atoms with Crippen LogP contribution < -0.4 is 0 Å². The first-order valence-electron chi connectivity index (χ1n) is 8.40. The molecule has 0 spiro atoms. The van der Waals surface area contributed by atoms with Crippen LogP contribution in [0.15, 0.2) is 6.20 Å². The Bertz CT molecular complexity index is 433. The first-order chi connectivity index (χ1) is 11.1. The van der Waals surface area contributed by atoms with E-state index in [1.165, 1.54) is 0 Å². The van der Waals surface area contributed by atoms with Crippen molar-refractivity contribution in [1.29, 1.82) is 0 Å². The van der Waals surface area contributed by atoms with Gasteiger partial charge in [0.1, 0.15) is 0 Å².